The van der Waals surface area contributed by atoms with Gasteiger partial charge in [0.05, 0.1) is 57.3 Å². The summed E-state index contributed by atoms with van der Waals surface area (Å²) in [5.74, 6) is -0.535. The second-order valence-corrected chi connectivity index (χ2v) is 8.81. The number of nitrogens with zero attached hydrogens (tertiary/aromatic N) is 1. The van der Waals surface area contributed by atoms with Gasteiger partial charge in [0.1, 0.15) is 6.61 Å². The third-order valence-corrected chi connectivity index (χ3v) is 5.08. The van der Waals surface area contributed by atoms with Gasteiger partial charge in [0, 0.05) is 0 Å². The summed E-state index contributed by atoms with van der Waals surface area (Å²) in [6, 6.07) is 8.63. The van der Waals surface area contributed by atoms with E-state index in [2.05, 4.69) is 0 Å². The molecule has 1 aliphatic heterocycles. The minimum absolute atomic E-state index is 0.0178. The Balaban J connectivity index is 1.91. The second-order valence-electron chi connectivity index (χ2n) is 7.20. The Labute approximate surface area is 182 Å². The van der Waals surface area contributed by atoms with Crippen LogP contribution in [-0.2, 0) is 39.9 Å². The first kappa shape index (κ1) is 25.1. The third kappa shape index (κ3) is 9.21. The summed E-state index contributed by atoms with van der Waals surface area (Å²) in [5, 5.41) is 9.88. The van der Waals surface area contributed by atoms with E-state index in [0.29, 0.717) is 0 Å². The molecule has 10 nitrogen and oxygen atoms in total. The molecule has 0 aromatic heterocycles. The Hall–Kier alpha value is -2.21. The molecule has 11 heteroatoms. The number of amides is 1. The van der Waals surface area contributed by atoms with Gasteiger partial charge in [-0.3, -0.25) is 8.98 Å². The number of aliphatic hydroxyl groups is 1. The molecule has 3 atom stereocenters. The van der Waals surface area contributed by atoms with Gasteiger partial charge in [-0.05, 0) is 18.9 Å². The van der Waals surface area contributed by atoms with Crippen LogP contribution in [0, 0.1) is 0 Å². The van der Waals surface area contributed by atoms with Gasteiger partial charge < -0.3 is 24.2 Å². The highest BCUT2D eigenvalue weighted by atomic mass is 32.2. The molecule has 0 bridgehead atoms. The maximum absolute atomic E-state index is 12.6. The standard InChI is InChI=1S/C20H29NO9S/c1-3-28-19(23)10-17(22)14-27-13-16-9-18(30-31(2,25)26)11-21(16)20(24)29-12-15-7-5-4-6-8-15/h4-8,16-18,22H,3,9-14H2,1-2H3/t16-,17?,18+/m0/s1. The van der Waals surface area contributed by atoms with Gasteiger partial charge in [-0.15, -0.1) is 0 Å². The van der Waals surface area contributed by atoms with E-state index in [4.69, 9.17) is 18.4 Å². The number of rotatable bonds is 11. The van der Waals surface area contributed by atoms with E-state index in [0.717, 1.165) is 11.8 Å². The fourth-order valence-corrected chi connectivity index (χ4v) is 3.82. The predicted molar refractivity (Wildman–Crippen MR) is 110 cm³/mol. The molecule has 1 saturated heterocycles. The lowest BCUT2D eigenvalue weighted by Crippen LogP contribution is -2.39. The van der Waals surface area contributed by atoms with E-state index in [1.54, 1.807) is 6.92 Å². The summed E-state index contributed by atoms with van der Waals surface area (Å²) in [6.45, 7) is 1.86. The third-order valence-electron chi connectivity index (χ3n) is 4.45. The number of hydrogen-bond acceptors (Lipinski definition) is 9. The zero-order chi connectivity index (χ0) is 22.9. The lowest BCUT2D eigenvalue weighted by atomic mass is 10.2. The molecule has 1 aliphatic rings. The van der Waals surface area contributed by atoms with Crippen molar-refractivity contribution in [1.82, 2.24) is 4.90 Å². The lowest BCUT2D eigenvalue weighted by molar-refractivity contribution is -0.146. The highest BCUT2D eigenvalue weighted by molar-refractivity contribution is 7.86. The van der Waals surface area contributed by atoms with Gasteiger partial charge in [-0.25, -0.2) is 4.79 Å². The van der Waals surface area contributed by atoms with Gasteiger partial charge in [0.25, 0.3) is 10.1 Å². The molecule has 0 spiro atoms. The molecule has 0 saturated carbocycles. The van der Waals surface area contributed by atoms with Gasteiger partial charge in [0.15, 0.2) is 0 Å². The highest BCUT2D eigenvalue weighted by Gasteiger charge is 2.38. The van der Waals surface area contributed by atoms with Crippen LogP contribution in [0.2, 0.25) is 0 Å². The SMILES string of the molecule is CCOC(=O)CC(O)COC[C@@H]1C[C@@H](OS(C)(=O)=O)CN1C(=O)OCc1ccccc1. The molecule has 1 heterocycles. The van der Waals surface area contributed by atoms with Crippen LogP contribution in [0.3, 0.4) is 0 Å². The number of aliphatic hydroxyl groups excluding tert-OH is 1. The topological polar surface area (TPSA) is 129 Å². The zero-order valence-electron chi connectivity index (χ0n) is 17.6. The molecule has 1 aromatic carbocycles. The molecule has 1 unspecified atom stereocenters. The summed E-state index contributed by atoms with van der Waals surface area (Å²) < 4.78 is 43.6. The van der Waals surface area contributed by atoms with Crippen molar-refractivity contribution in [3.63, 3.8) is 0 Å². The molecule has 1 aromatic rings. The van der Waals surface area contributed by atoms with Crippen molar-refractivity contribution < 1.29 is 41.5 Å². The molecular formula is C20H29NO9S. The number of likely N-dealkylation sites (tertiary alicyclic amines) is 1. The van der Waals surface area contributed by atoms with E-state index < -0.39 is 40.4 Å². The summed E-state index contributed by atoms with van der Waals surface area (Å²) in [7, 11) is -3.70. The number of hydrogen-bond donors (Lipinski definition) is 1. The van der Waals surface area contributed by atoms with Gasteiger partial charge in [-0.2, -0.15) is 8.42 Å². The van der Waals surface area contributed by atoms with Crippen molar-refractivity contribution in [2.24, 2.45) is 0 Å². The minimum atomic E-state index is -3.70. The average Bonchev–Trinajstić information content (AvgIpc) is 3.07. The van der Waals surface area contributed by atoms with Crippen molar-refractivity contribution in [1.29, 1.82) is 0 Å². The van der Waals surface area contributed by atoms with Crippen LogP contribution in [0.4, 0.5) is 4.79 Å². The lowest BCUT2D eigenvalue weighted by Gasteiger charge is -2.24. The first-order valence-electron chi connectivity index (χ1n) is 9.95. The maximum Gasteiger partial charge on any atom is 0.410 e. The van der Waals surface area contributed by atoms with Crippen molar-refractivity contribution in [2.45, 2.75) is 44.6 Å². The van der Waals surface area contributed by atoms with Crippen molar-refractivity contribution in [3.05, 3.63) is 35.9 Å². The van der Waals surface area contributed by atoms with Crippen LogP contribution in [0.5, 0.6) is 0 Å². The fraction of sp³-hybridized carbons (Fsp3) is 0.600. The summed E-state index contributed by atoms with van der Waals surface area (Å²) >= 11 is 0. The van der Waals surface area contributed by atoms with Crippen LogP contribution in [0.25, 0.3) is 0 Å². The molecule has 31 heavy (non-hydrogen) atoms. The van der Waals surface area contributed by atoms with Crippen molar-refractivity contribution >= 4 is 22.2 Å². The predicted octanol–water partition coefficient (Wildman–Crippen LogP) is 1.07. The first-order chi connectivity index (χ1) is 14.7. The Morgan fingerprint density at radius 3 is 2.58 bits per heavy atom. The van der Waals surface area contributed by atoms with E-state index in [-0.39, 0.29) is 45.8 Å². The van der Waals surface area contributed by atoms with Crippen LogP contribution in [0.1, 0.15) is 25.3 Å². The fourth-order valence-electron chi connectivity index (χ4n) is 3.19. The van der Waals surface area contributed by atoms with Crippen LogP contribution in [-0.4, -0.2) is 81.4 Å². The van der Waals surface area contributed by atoms with Gasteiger partial charge in [0.2, 0.25) is 0 Å². The summed E-state index contributed by atoms with van der Waals surface area (Å²) in [6.07, 6.45) is -1.44. The zero-order valence-corrected chi connectivity index (χ0v) is 18.5. The first-order valence-corrected chi connectivity index (χ1v) is 11.8. The number of carbonyl (C=O) groups excluding carboxylic acids is 2. The smallest absolute Gasteiger partial charge is 0.410 e. The molecule has 0 radical (unpaired) electrons. The number of ether oxygens (including phenoxy) is 3. The van der Waals surface area contributed by atoms with Crippen LogP contribution in [0.15, 0.2) is 30.3 Å². The number of carbonyl (C=O) groups is 2. The summed E-state index contributed by atoms with van der Waals surface area (Å²) in [5.41, 5.74) is 0.814. The monoisotopic (exact) mass is 459 g/mol. The largest absolute Gasteiger partial charge is 0.466 e. The Bertz CT molecular complexity index is 815. The molecular weight excluding hydrogens is 430 g/mol. The Morgan fingerprint density at radius 1 is 1.23 bits per heavy atom. The van der Waals surface area contributed by atoms with E-state index >= 15 is 0 Å². The second kappa shape index (κ2) is 12.0. The molecule has 2 rings (SSSR count). The Kier molecular flexibility index (Phi) is 9.69. The Morgan fingerprint density at radius 2 is 1.94 bits per heavy atom. The van der Waals surface area contributed by atoms with Crippen molar-refractivity contribution in [2.75, 3.05) is 32.6 Å². The molecule has 174 valence electrons. The minimum Gasteiger partial charge on any atom is -0.466 e. The van der Waals surface area contributed by atoms with Crippen LogP contribution < -0.4 is 0 Å². The molecule has 1 N–H and O–H groups in total. The normalized spacial score (nSPS) is 19.8. The number of esters is 1. The average molecular weight is 460 g/mol. The van der Waals surface area contributed by atoms with E-state index in [9.17, 15) is 23.1 Å². The van der Waals surface area contributed by atoms with Gasteiger partial charge in [-0.1, -0.05) is 30.3 Å². The molecule has 1 fully saturated rings. The highest BCUT2D eigenvalue weighted by Crippen LogP contribution is 2.23. The molecule has 0 aliphatic carbocycles. The summed E-state index contributed by atoms with van der Waals surface area (Å²) in [4.78, 5) is 25.3. The van der Waals surface area contributed by atoms with E-state index in [1.807, 2.05) is 30.3 Å². The maximum atomic E-state index is 12.6. The van der Waals surface area contributed by atoms with Gasteiger partial charge >= 0.3 is 12.1 Å². The quantitative estimate of drug-likeness (QED) is 0.382. The van der Waals surface area contributed by atoms with Crippen LogP contribution >= 0.6 is 0 Å². The van der Waals surface area contributed by atoms with Crippen molar-refractivity contribution in [3.8, 4) is 0 Å². The number of benzene rings is 1. The van der Waals surface area contributed by atoms with E-state index in [1.165, 1.54) is 4.90 Å². The molecule has 1 amide bonds.